The van der Waals surface area contributed by atoms with Crippen LogP contribution in [0.15, 0.2) is 48.5 Å². The third kappa shape index (κ3) is 6.21. The summed E-state index contributed by atoms with van der Waals surface area (Å²) in [4.78, 5) is 37.6. The van der Waals surface area contributed by atoms with Crippen LogP contribution in [0, 0.1) is 5.41 Å². The van der Waals surface area contributed by atoms with Crippen LogP contribution in [0.1, 0.15) is 63.3 Å². The lowest BCUT2D eigenvalue weighted by atomic mass is 9.79. The topological polar surface area (TPSA) is 89.9 Å². The van der Waals surface area contributed by atoms with E-state index in [1.807, 2.05) is 42.5 Å². The van der Waals surface area contributed by atoms with Crippen molar-refractivity contribution in [3.05, 3.63) is 70.8 Å². The number of aryl methyl sites for hydroxylation is 1. The Hall–Kier alpha value is -3.15. The number of esters is 2. The molecule has 1 N–H and O–H groups in total. The van der Waals surface area contributed by atoms with E-state index in [1.54, 1.807) is 13.8 Å². The predicted molar refractivity (Wildman–Crippen MR) is 126 cm³/mol. The van der Waals surface area contributed by atoms with Crippen LogP contribution >= 0.6 is 0 Å². The van der Waals surface area contributed by atoms with Gasteiger partial charge in [0.25, 0.3) is 5.41 Å². The zero-order valence-corrected chi connectivity index (χ0v) is 20.1. The van der Waals surface area contributed by atoms with Crippen LogP contribution in [-0.2, 0) is 42.1 Å². The van der Waals surface area contributed by atoms with E-state index in [0.717, 1.165) is 22.3 Å². The molecule has 0 atom stereocenters. The fraction of sp³-hybridized carbons (Fsp3) is 0.444. The summed E-state index contributed by atoms with van der Waals surface area (Å²) in [5.74, 6) is -3.74. The number of carboxylic acids is 1. The van der Waals surface area contributed by atoms with E-state index in [1.165, 1.54) is 0 Å². The maximum atomic E-state index is 12.7. The molecule has 0 heterocycles. The highest BCUT2D eigenvalue weighted by Crippen LogP contribution is 2.32. The number of aliphatic carboxylic acids is 1. The van der Waals surface area contributed by atoms with Crippen LogP contribution in [-0.4, -0.2) is 36.2 Å². The van der Waals surface area contributed by atoms with Crippen LogP contribution in [0.3, 0.4) is 0 Å². The van der Waals surface area contributed by atoms with Crippen molar-refractivity contribution < 1.29 is 29.0 Å². The highest BCUT2D eigenvalue weighted by Gasteiger charge is 2.56. The predicted octanol–water partition coefficient (Wildman–Crippen LogP) is 4.70. The Morgan fingerprint density at radius 3 is 1.91 bits per heavy atom. The summed E-state index contributed by atoms with van der Waals surface area (Å²) < 4.78 is 9.99. The highest BCUT2D eigenvalue weighted by atomic mass is 16.6. The molecule has 0 bridgehead atoms. The average Bonchev–Trinajstić information content (AvgIpc) is 2.75. The third-order valence-electron chi connectivity index (χ3n) is 5.69. The smallest absolute Gasteiger partial charge is 0.335 e. The van der Waals surface area contributed by atoms with Crippen molar-refractivity contribution in [3.63, 3.8) is 0 Å². The minimum absolute atomic E-state index is 0.0349. The lowest BCUT2D eigenvalue weighted by Crippen LogP contribution is -2.49. The Balaban J connectivity index is 2.48. The van der Waals surface area contributed by atoms with Gasteiger partial charge >= 0.3 is 17.9 Å². The minimum Gasteiger partial charge on any atom is -0.480 e. The van der Waals surface area contributed by atoms with Crippen LogP contribution in [0.2, 0.25) is 0 Å². The van der Waals surface area contributed by atoms with Crippen molar-refractivity contribution in [2.75, 3.05) is 13.2 Å². The van der Waals surface area contributed by atoms with Gasteiger partial charge < -0.3 is 14.6 Å². The zero-order valence-electron chi connectivity index (χ0n) is 20.1. The van der Waals surface area contributed by atoms with Gasteiger partial charge in [-0.15, -0.1) is 0 Å². The standard InChI is InChI=1S/C27H34O6/c1-6-32-24(30)27(23(28)29,25(31)33-7-2)16-15-20-13-14-22(26(3,4)5)18-21(20)17-19-11-9-8-10-12-19/h8-14,18H,6-7,15-17H2,1-5H3,(H,28,29). The second-order valence-electron chi connectivity index (χ2n) is 9.05. The summed E-state index contributed by atoms with van der Waals surface area (Å²) in [5, 5.41) is 9.95. The number of carbonyl (C=O) groups is 3. The molecule has 33 heavy (non-hydrogen) atoms. The van der Waals surface area contributed by atoms with Crippen molar-refractivity contribution in [1.82, 2.24) is 0 Å². The first-order chi connectivity index (χ1) is 15.6. The van der Waals surface area contributed by atoms with Crippen molar-refractivity contribution in [1.29, 1.82) is 0 Å². The molecule has 0 amide bonds. The lowest BCUT2D eigenvalue weighted by Gasteiger charge is -2.26. The largest absolute Gasteiger partial charge is 0.480 e. The quantitative estimate of drug-likeness (QED) is 0.413. The normalized spacial score (nSPS) is 11.7. The molecule has 0 fully saturated rings. The second-order valence-corrected chi connectivity index (χ2v) is 9.05. The van der Waals surface area contributed by atoms with Gasteiger partial charge in [-0.05, 0) is 60.8 Å². The van der Waals surface area contributed by atoms with Crippen LogP contribution in [0.25, 0.3) is 0 Å². The van der Waals surface area contributed by atoms with Crippen LogP contribution in [0.4, 0.5) is 0 Å². The Morgan fingerprint density at radius 2 is 1.42 bits per heavy atom. The van der Waals surface area contributed by atoms with E-state index in [9.17, 15) is 19.5 Å². The molecule has 0 aliphatic carbocycles. The second kappa shape index (κ2) is 11.1. The van der Waals surface area contributed by atoms with E-state index in [4.69, 9.17) is 9.47 Å². The van der Waals surface area contributed by atoms with E-state index in [2.05, 4.69) is 26.8 Å². The molecule has 6 nitrogen and oxygen atoms in total. The Kier molecular flexibility index (Phi) is 8.80. The molecule has 6 heteroatoms. The molecule has 0 aliphatic heterocycles. The number of ether oxygens (including phenoxy) is 2. The molecule has 2 rings (SSSR count). The molecule has 0 saturated carbocycles. The number of rotatable bonds is 10. The summed E-state index contributed by atoms with van der Waals surface area (Å²) in [5.41, 5.74) is 1.71. The van der Waals surface area contributed by atoms with Gasteiger partial charge in [-0.1, -0.05) is 69.3 Å². The SMILES string of the molecule is CCOC(=O)C(CCc1ccc(C(C)(C)C)cc1Cc1ccccc1)(C(=O)O)C(=O)OCC. The molecule has 0 saturated heterocycles. The maximum Gasteiger partial charge on any atom is 0.335 e. The van der Waals surface area contributed by atoms with Crippen molar-refractivity contribution >= 4 is 17.9 Å². The van der Waals surface area contributed by atoms with Crippen molar-refractivity contribution in [2.45, 2.75) is 59.3 Å². The monoisotopic (exact) mass is 454 g/mol. The molecule has 2 aromatic rings. The molecular formula is C27H34O6. The van der Waals surface area contributed by atoms with Gasteiger partial charge in [-0.25, -0.2) is 0 Å². The van der Waals surface area contributed by atoms with E-state index < -0.39 is 23.3 Å². The van der Waals surface area contributed by atoms with Gasteiger partial charge in [0.2, 0.25) is 0 Å². The van der Waals surface area contributed by atoms with Crippen LogP contribution < -0.4 is 0 Å². The molecule has 0 unspecified atom stereocenters. The van der Waals surface area contributed by atoms with Gasteiger partial charge in [0.15, 0.2) is 0 Å². The van der Waals surface area contributed by atoms with E-state index >= 15 is 0 Å². The third-order valence-corrected chi connectivity index (χ3v) is 5.69. The summed E-state index contributed by atoms with van der Waals surface area (Å²) in [6, 6.07) is 16.1. The van der Waals surface area contributed by atoms with Gasteiger partial charge in [0, 0.05) is 0 Å². The molecule has 0 spiro atoms. The van der Waals surface area contributed by atoms with Crippen molar-refractivity contribution in [3.8, 4) is 0 Å². The van der Waals surface area contributed by atoms with E-state index in [-0.39, 0.29) is 31.5 Å². The number of carboxylic acid groups (broad SMARTS) is 1. The molecule has 0 aliphatic rings. The molecular weight excluding hydrogens is 420 g/mol. The van der Waals surface area contributed by atoms with Gasteiger partial charge in [0.05, 0.1) is 13.2 Å². The summed E-state index contributed by atoms with van der Waals surface area (Å²) in [6.07, 6.45) is 0.603. The first kappa shape index (κ1) is 26.1. The Bertz CT molecular complexity index is 954. The fourth-order valence-electron chi connectivity index (χ4n) is 3.72. The number of carbonyl (C=O) groups excluding carboxylic acids is 2. The van der Waals surface area contributed by atoms with Crippen molar-refractivity contribution in [2.24, 2.45) is 5.41 Å². The number of benzene rings is 2. The first-order valence-electron chi connectivity index (χ1n) is 11.3. The number of hydrogen-bond acceptors (Lipinski definition) is 5. The lowest BCUT2D eigenvalue weighted by molar-refractivity contribution is -0.181. The summed E-state index contributed by atoms with van der Waals surface area (Å²) in [7, 11) is 0. The Labute approximate surface area is 195 Å². The van der Waals surface area contributed by atoms with Gasteiger partial charge in [-0.2, -0.15) is 0 Å². The first-order valence-corrected chi connectivity index (χ1v) is 11.3. The summed E-state index contributed by atoms with van der Waals surface area (Å²) in [6.45, 7) is 9.46. The van der Waals surface area contributed by atoms with Gasteiger partial charge in [0.1, 0.15) is 0 Å². The molecule has 0 aromatic heterocycles. The summed E-state index contributed by atoms with van der Waals surface area (Å²) >= 11 is 0. The molecule has 178 valence electrons. The molecule has 0 radical (unpaired) electrons. The number of hydrogen-bond donors (Lipinski definition) is 1. The zero-order chi connectivity index (χ0) is 24.6. The molecule has 2 aromatic carbocycles. The average molecular weight is 455 g/mol. The van der Waals surface area contributed by atoms with Gasteiger partial charge in [-0.3, -0.25) is 14.4 Å². The fourth-order valence-corrected chi connectivity index (χ4v) is 3.72. The maximum absolute atomic E-state index is 12.7. The Morgan fingerprint density at radius 1 is 0.848 bits per heavy atom. The minimum atomic E-state index is -2.40. The highest BCUT2D eigenvalue weighted by molar-refractivity contribution is 6.17. The van der Waals surface area contributed by atoms with Crippen LogP contribution in [0.5, 0.6) is 0 Å². The van der Waals surface area contributed by atoms with E-state index in [0.29, 0.717) is 6.42 Å².